The van der Waals surface area contributed by atoms with Crippen molar-refractivity contribution >= 4 is 15.9 Å². The summed E-state index contributed by atoms with van der Waals surface area (Å²) in [6, 6.07) is 3.91. The second-order valence-corrected chi connectivity index (χ2v) is 4.87. The lowest BCUT2D eigenvalue weighted by molar-refractivity contribution is 0.383. The molecule has 1 fully saturated rings. The van der Waals surface area contributed by atoms with Crippen LogP contribution in [0.4, 0.5) is 0 Å². The molecule has 2 rings (SSSR count). The molecule has 1 aliphatic carbocycles. The van der Waals surface area contributed by atoms with E-state index in [1.54, 1.807) is 14.2 Å². The van der Waals surface area contributed by atoms with Gasteiger partial charge in [-0.3, -0.25) is 0 Å². The summed E-state index contributed by atoms with van der Waals surface area (Å²) in [5.74, 6) is 1.68. The van der Waals surface area contributed by atoms with Crippen molar-refractivity contribution in [1.82, 2.24) is 5.32 Å². The Labute approximate surface area is 104 Å². The van der Waals surface area contributed by atoms with Gasteiger partial charge in [0, 0.05) is 21.6 Å². The minimum absolute atomic E-state index is 0.0798. The number of hydrogen-bond acceptors (Lipinski definition) is 3. The maximum Gasteiger partial charge on any atom is 0.128 e. The molecular formula is C12H16BrNO2. The standard InChI is InChI=1S/C12H16BrNO2/c1-14-12(4-5-12)11-9(13)6-8(15-2)7-10(11)16-3/h6-7,14H,4-5H2,1-3H3. The summed E-state index contributed by atoms with van der Waals surface area (Å²) in [7, 11) is 5.34. The van der Waals surface area contributed by atoms with Gasteiger partial charge in [0.05, 0.1) is 14.2 Å². The Bertz CT molecular complexity index is 402. The molecule has 0 aliphatic heterocycles. The predicted octanol–water partition coefficient (Wildman–Crippen LogP) is 2.67. The number of ether oxygens (including phenoxy) is 2. The van der Waals surface area contributed by atoms with Gasteiger partial charge >= 0.3 is 0 Å². The van der Waals surface area contributed by atoms with Gasteiger partial charge in [0.1, 0.15) is 11.5 Å². The van der Waals surface area contributed by atoms with E-state index in [0.717, 1.165) is 28.8 Å². The van der Waals surface area contributed by atoms with Gasteiger partial charge in [-0.2, -0.15) is 0 Å². The summed E-state index contributed by atoms with van der Waals surface area (Å²) in [6.07, 6.45) is 2.29. The van der Waals surface area contributed by atoms with Crippen LogP contribution in [-0.2, 0) is 5.54 Å². The maximum atomic E-state index is 5.45. The molecule has 0 amide bonds. The van der Waals surface area contributed by atoms with Crippen LogP contribution in [-0.4, -0.2) is 21.3 Å². The summed E-state index contributed by atoms with van der Waals surface area (Å²) in [5, 5.41) is 3.37. The third kappa shape index (κ3) is 1.80. The van der Waals surface area contributed by atoms with E-state index in [-0.39, 0.29) is 5.54 Å². The van der Waals surface area contributed by atoms with Crippen LogP contribution in [0.15, 0.2) is 16.6 Å². The van der Waals surface area contributed by atoms with Gasteiger partial charge in [-0.25, -0.2) is 0 Å². The fourth-order valence-corrected chi connectivity index (χ4v) is 2.85. The highest BCUT2D eigenvalue weighted by Crippen LogP contribution is 2.52. The van der Waals surface area contributed by atoms with Gasteiger partial charge in [-0.15, -0.1) is 0 Å². The quantitative estimate of drug-likeness (QED) is 0.923. The first-order valence-corrected chi connectivity index (χ1v) is 6.07. The molecule has 1 N–H and O–H groups in total. The van der Waals surface area contributed by atoms with E-state index in [2.05, 4.69) is 21.2 Å². The van der Waals surface area contributed by atoms with Gasteiger partial charge in [0.25, 0.3) is 0 Å². The molecule has 0 heterocycles. The minimum atomic E-state index is 0.0798. The monoisotopic (exact) mass is 285 g/mol. The first-order valence-electron chi connectivity index (χ1n) is 5.28. The zero-order chi connectivity index (χ0) is 11.8. The average molecular weight is 286 g/mol. The fourth-order valence-electron chi connectivity index (χ4n) is 2.05. The Morgan fingerprint density at radius 3 is 2.38 bits per heavy atom. The third-order valence-corrected chi connectivity index (χ3v) is 3.82. The Balaban J connectivity index is 2.51. The first kappa shape index (κ1) is 11.7. The molecule has 1 aliphatic rings. The van der Waals surface area contributed by atoms with Gasteiger partial charge in [-0.05, 0) is 26.0 Å². The van der Waals surface area contributed by atoms with Crippen LogP contribution in [0.25, 0.3) is 0 Å². The lowest BCUT2D eigenvalue weighted by Crippen LogP contribution is -2.25. The Kier molecular flexibility index (Phi) is 3.13. The molecule has 0 saturated heterocycles. The molecule has 0 radical (unpaired) electrons. The van der Waals surface area contributed by atoms with E-state index in [1.165, 1.54) is 5.56 Å². The molecule has 1 aromatic rings. The molecule has 1 aromatic carbocycles. The molecule has 0 spiro atoms. The largest absolute Gasteiger partial charge is 0.497 e. The van der Waals surface area contributed by atoms with Crippen molar-refractivity contribution in [3.8, 4) is 11.5 Å². The molecule has 0 unspecified atom stereocenters. The van der Waals surface area contributed by atoms with Gasteiger partial charge in [-0.1, -0.05) is 15.9 Å². The van der Waals surface area contributed by atoms with Crippen molar-refractivity contribution in [2.75, 3.05) is 21.3 Å². The average Bonchev–Trinajstić information content (AvgIpc) is 3.08. The topological polar surface area (TPSA) is 30.5 Å². The van der Waals surface area contributed by atoms with Crippen LogP contribution in [0.2, 0.25) is 0 Å². The summed E-state index contributed by atoms with van der Waals surface area (Å²) in [4.78, 5) is 0. The van der Waals surface area contributed by atoms with Gasteiger partial charge in [0.15, 0.2) is 0 Å². The lowest BCUT2D eigenvalue weighted by Gasteiger charge is -2.20. The summed E-state index contributed by atoms with van der Waals surface area (Å²) in [6.45, 7) is 0. The van der Waals surface area contributed by atoms with Crippen molar-refractivity contribution in [3.63, 3.8) is 0 Å². The highest BCUT2D eigenvalue weighted by atomic mass is 79.9. The fraction of sp³-hybridized carbons (Fsp3) is 0.500. The summed E-state index contributed by atoms with van der Waals surface area (Å²) < 4.78 is 11.7. The smallest absolute Gasteiger partial charge is 0.128 e. The van der Waals surface area contributed by atoms with E-state index in [1.807, 2.05) is 19.2 Å². The molecule has 0 bridgehead atoms. The summed E-state index contributed by atoms with van der Waals surface area (Å²) >= 11 is 3.60. The van der Waals surface area contributed by atoms with Crippen LogP contribution >= 0.6 is 15.9 Å². The van der Waals surface area contributed by atoms with E-state index < -0.39 is 0 Å². The van der Waals surface area contributed by atoms with E-state index in [4.69, 9.17) is 9.47 Å². The van der Waals surface area contributed by atoms with Crippen molar-refractivity contribution in [2.24, 2.45) is 0 Å². The second kappa shape index (κ2) is 4.26. The number of hydrogen-bond donors (Lipinski definition) is 1. The van der Waals surface area contributed by atoms with E-state index in [0.29, 0.717) is 0 Å². The third-order valence-electron chi connectivity index (χ3n) is 3.19. The Morgan fingerprint density at radius 1 is 1.25 bits per heavy atom. The molecule has 1 saturated carbocycles. The molecule has 88 valence electrons. The zero-order valence-electron chi connectivity index (χ0n) is 9.76. The number of halogens is 1. The normalized spacial score (nSPS) is 17.0. The molecule has 3 nitrogen and oxygen atoms in total. The van der Waals surface area contributed by atoms with Crippen LogP contribution in [0.3, 0.4) is 0 Å². The van der Waals surface area contributed by atoms with Crippen molar-refractivity contribution in [2.45, 2.75) is 18.4 Å². The van der Waals surface area contributed by atoms with Gasteiger partial charge in [0.2, 0.25) is 0 Å². The molecule has 0 atom stereocenters. The Hall–Kier alpha value is -0.740. The SMILES string of the molecule is CNC1(c2c(Br)cc(OC)cc2OC)CC1. The van der Waals surface area contributed by atoms with Crippen LogP contribution in [0.5, 0.6) is 11.5 Å². The first-order chi connectivity index (χ1) is 7.66. The molecule has 0 aromatic heterocycles. The van der Waals surface area contributed by atoms with Crippen molar-refractivity contribution < 1.29 is 9.47 Å². The zero-order valence-corrected chi connectivity index (χ0v) is 11.3. The van der Waals surface area contributed by atoms with Crippen LogP contribution < -0.4 is 14.8 Å². The highest BCUT2D eigenvalue weighted by Gasteiger charge is 2.46. The number of benzene rings is 1. The highest BCUT2D eigenvalue weighted by molar-refractivity contribution is 9.10. The predicted molar refractivity (Wildman–Crippen MR) is 67.2 cm³/mol. The van der Waals surface area contributed by atoms with Crippen molar-refractivity contribution in [3.05, 3.63) is 22.2 Å². The second-order valence-electron chi connectivity index (χ2n) is 4.02. The lowest BCUT2D eigenvalue weighted by atomic mass is 10.0. The Morgan fingerprint density at radius 2 is 1.94 bits per heavy atom. The molecular weight excluding hydrogens is 270 g/mol. The number of methoxy groups -OCH3 is 2. The number of rotatable bonds is 4. The van der Waals surface area contributed by atoms with E-state index >= 15 is 0 Å². The minimum Gasteiger partial charge on any atom is -0.497 e. The maximum absolute atomic E-state index is 5.45. The van der Waals surface area contributed by atoms with Crippen LogP contribution in [0.1, 0.15) is 18.4 Å². The van der Waals surface area contributed by atoms with Crippen LogP contribution in [0, 0.1) is 0 Å². The van der Waals surface area contributed by atoms with E-state index in [9.17, 15) is 0 Å². The van der Waals surface area contributed by atoms with Crippen molar-refractivity contribution in [1.29, 1.82) is 0 Å². The molecule has 4 heteroatoms. The number of nitrogens with one attached hydrogen (secondary N) is 1. The molecule has 16 heavy (non-hydrogen) atoms. The summed E-state index contributed by atoms with van der Waals surface area (Å²) in [5.41, 5.74) is 1.27. The van der Waals surface area contributed by atoms with Gasteiger partial charge < -0.3 is 14.8 Å².